The number of rotatable bonds is 3. The number of anilines is 1. The molecule has 0 N–H and O–H groups in total. The molecule has 0 unspecified atom stereocenters. The van der Waals surface area contributed by atoms with Gasteiger partial charge >= 0.3 is 0 Å². The van der Waals surface area contributed by atoms with Gasteiger partial charge in [0.05, 0.1) is 0 Å². The monoisotopic (exact) mass is 258 g/mol. The van der Waals surface area contributed by atoms with Gasteiger partial charge in [0.25, 0.3) is 0 Å². The third kappa shape index (κ3) is 2.12. The van der Waals surface area contributed by atoms with Crippen molar-refractivity contribution in [2.45, 2.75) is 44.7 Å². The van der Waals surface area contributed by atoms with Crippen LogP contribution in [0.5, 0.6) is 0 Å². The van der Waals surface area contributed by atoms with Crippen LogP contribution in [0.15, 0.2) is 12.4 Å². The topological polar surface area (TPSA) is 32.3 Å². The number of aryl methyl sites for hydroxylation is 1. The molecule has 1 aromatic rings. The summed E-state index contributed by atoms with van der Waals surface area (Å²) < 4.78 is 0. The van der Waals surface area contributed by atoms with E-state index in [0.717, 1.165) is 30.0 Å². The van der Waals surface area contributed by atoms with Crippen molar-refractivity contribution in [1.29, 1.82) is 0 Å². The molecule has 3 heterocycles. The summed E-state index contributed by atoms with van der Waals surface area (Å²) >= 11 is 0. The first-order chi connectivity index (χ1) is 9.31. The maximum Gasteiger partial charge on any atom is 0.225 e. The normalized spacial score (nSPS) is 30.9. The Balaban J connectivity index is 1.49. The summed E-state index contributed by atoms with van der Waals surface area (Å²) in [5, 5.41) is 0. The molecular weight excluding hydrogens is 236 g/mol. The zero-order valence-electron chi connectivity index (χ0n) is 11.6. The van der Waals surface area contributed by atoms with Crippen LogP contribution in [0, 0.1) is 12.8 Å². The van der Waals surface area contributed by atoms with Crippen molar-refractivity contribution in [2.24, 2.45) is 5.92 Å². The molecule has 0 amide bonds. The molecule has 1 saturated carbocycles. The third-order valence-electron chi connectivity index (χ3n) is 4.91. The average Bonchev–Trinajstić information content (AvgIpc) is 2.99. The second kappa shape index (κ2) is 4.44. The molecule has 4 nitrogen and oxygen atoms in total. The molecule has 3 fully saturated rings. The molecule has 102 valence electrons. The van der Waals surface area contributed by atoms with Crippen LogP contribution in [0.4, 0.5) is 5.95 Å². The van der Waals surface area contributed by atoms with Crippen molar-refractivity contribution < 1.29 is 0 Å². The Kier molecular flexibility index (Phi) is 2.72. The van der Waals surface area contributed by atoms with E-state index < -0.39 is 0 Å². The van der Waals surface area contributed by atoms with Crippen LogP contribution in [0.1, 0.15) is 31.2 Å². The molecule has 0 bridgehead atoms. The van der Waals surface area contributed by atoms with Gasteiger partial charge in [-0.05, 0) is 44.1 Å². The summed E-state index contributed by atoms with van der Waals surface area (Å²) in [5.41, 5.74) is 1.14. The highest BCUT2D eigenvalue weighted by molar-refractivity contribution is 5.36. The molecule has 0 aromatic carbocycles. The Hall–Kier alpha value is -1.16. The average molecular weight is 258 g/mol. The smallest absolute Gasteiger partial charge is 0.225 e. The van der Waals surface area contributed by atoms with E-state index in [1.165, 1.54) is 38.8 Å². The molecule has 4 heteroatoms. The second-order valence-corrected chi connectivity index (χ2v) is 6.40. The van der Waals surface area contributed by atoms with Gasteiger partial charge in [-0.15, -0.1) is 0 Å². The highest BCUT2D eigenvalue weighted by Gasteiger charge is 2.44. The minimum atomic E-state index is 0.654. The predicted octanol–water partition coefficient (Wildman–Crippen LogP) is 1.85. The number of hydrogen-bond acceptors (Lipinski definition) is 4. The van der Waals surface area contributed by atoms with Gasteiger partial charge < -0.3 is 4.90 Å². The van der Waals surface area contributed by atoms with Gasteiger partial charge in [0.15, 0.2) is 0 Å². The number of likely N-dealkylation sites (tertiary alicyclic amines) is 1. The fourth-order valence-corrected chi connectivity index (χ4v) is 3.72. The lowest BCUT2D eigenvalue weighted by molar-refractivity contribution is 0.244. The van der Waals surface area contributed by atoms with E-state index in [1.54, 1.807) is 0 Å². The highest BCUT2D eigenvalue weighted by Crippen LogP contribution is 2.37. The van der Waals surface area contributed by atoms with Crippen molar-refractivity contribution in [2.75, 3.05) is 24.5 Å². The fourth-order valence-electron chi connectivity index (χ4n) is 3.72. The van der Waals surface area contributed by atoms with Crippen LogP contribution in [-0.2, 0) is 0 Å². The lowest BCUT2D eigenvalue weighted by Gasteiger charge is -2.25. The zero-order chi connectivity index (χ0) is 12.8. The van der Waals surface area contributed by atoms with Crippen LogP contribution >= 0.6 is 0 Å². The van der Waals surface area contributed by atoms with Gasteiger partial charge in [0.1, 0.15) is 0 Å². The van der Waals surface area contributed by atoms with Crippen LogP contribution in [0.3, 0.4) is 0 Å². The number of aromatic nitrogens is 2. The van der Waals surface area contributed by atoms with Crippen LogP contribution in [0.2, 0.25) is 0 Å². The SMILES string of the molecule is Cc1cnc(N2CC[C@@H]3[C@@H]2CCN3CC2CC2)nc1. The van der Waals surface area contributed by atoms with Crippen molar-refractivity contribution in [1.82, 2.24) is 14.9 Å². The van der Waals surface area contributed by atoms with Crippen LogP contribution < -0.4 is 4.90 Å². The van der Waals surface area contributed by atoms with Crippen LogP contribution in [0.25, 0.3) is 0 Å². The molecule has 4 rings (SSSR count). The maximum atomic E-state index is 4.52. The van der Waals surface area contributed by atoms with Gasteiger partial charge in [-0.25, -0.2) is 9.97 Å². The van der Waals surface area contributed by atoms with Crippen molar-refractivity contribution >= 4 is 5.95 Å². The van der Waals surface area contributed by atoms with Gasteiger partial charge in [0, 0.05) is 44.1 Å². The van der Waals surface area contributed by atoms with Crippen molar-refractivity contribution in [3.8, 4) is 0 Å². The fraction of sp³-hybridized carbons (Fsp3) is 0.733. The largest absolute Gasteiger partial charge is 0.336 e. The zero-order valence-corrected chi connectivity index (χ0v) is 11.6. The van der Waals surface area contributed by atoms with Gasteiger partial charge in [-0.3, -0.25) is 4.90 Å². The minimum absolute atomic E-state index is 0.654. The summed E-state index contributed by atoms with van der Waals surface area (Å²) in [7, 11) is 0. The van der Waals surface area contributed by atoms with E-state index in [2.05, 4.69) is 19.8 Å². The number of nitrogens with zero attached hydrogens (tertiary/aromatic N) is 4. The van der Waals surface area contributed by atoms with Crippen LogP contribution in [-0.4, -0.2) is 46.6 Å². The molecular formula is C15H22N4. The second-order valence-electron chi connectivity index (χ2n) is 6.40. The van der Waals surface area contributed by atoms with Crippen molar-refractivity contribution in [3.63, 3.8) is 0 Å². The van der Waals surface area contributed by atoms with Crippen molar-refractivity contribution in [3.05, 3.63) is 18.0 Å². The summed E-state index contributed by atoms with van der Waals surface area (Å²) in [6, 6.07) is 1.41. The lowest BCUT2D eigenvalue weighted by atomic mass is 10.1. The summed E-state index contributed by atoms with van der Waals surface area (Å²) in [6.07, 6.45) is 9.36. The summed E-state index contributed by atoms with van der Waals surface area (Å²) in [4.78, 5) is 14.2. The Morgan fingerprint density at radius 1 is 1.05 bits per heavy atom. The summed E-state index contributed by atoms with van der Waals surface area (Å²) in [6.45, 7) is 5.78. The molecule has 0 spiro atoms. The first-order valence-electron chi connectivity index (χ1n) is 7.60. The molecule has 19 heavy (non-hydrogen) atoms. The molecule has 1 aromatic heterocycles. The van der Waals surface area contributed by atoms with E-state index in [1.807, 2.05) is 19.3 Å². The first-order valence-corrected chi connectivity index (χ1v) is 7.60. The third-order valence-corrected chi connectivity index (χ3v) is 4.91. The Labute approximate surface area is 114 Å². The molecule has 0 radical (unpaired) electrons. The maximum absolute atomic E-state index is 4.52. The summed E-state index contributed by atoms with van der Waals surface area (Å²) in [5.74, 6) is 1.94. The van der Waals surface area contributed by atoms with E-state index in [4.69, 9.17) is 0 Å². The Morgan fingerprint density at radius 3 is 2.53 bits per heavy atom. The van der Waals surface area contributed by atoms with Gasteiger partial charge in [-0.1, -0.05) is 0 Å². The predicted molar refractivity (Wildman–Crippen MR) is 75.2 cm³/mol. The van der Waals surface area contributed by atoms with E-state index >= 15 is 0 Å². The molecule has 1 aliphatic carbocycles. The lowest BCUT2D eigenvalue weighted by Crippen LogP contribution is -2.38. The number of fused-ring (bicyclic) bond motifs is 1. The quantitative estimate of drug-likeness (QED) is 0.828. The first kappa shape index (κ1) is 11.6. The Bertz CT molecular complexity index is 454. The van der Waals surface area contributed by atoms with E-state index in [0.29, 0.717) is 6.04 Å². The number of hydrogen-bond donors (Lipinski definition) is 0. The minimum Gasteiger partial charge on any atom is -0.336 e. The molecule has 2 atom stereocenters. The van der Waals surface area contributed by atoms with Gasteiger partial charge in [-0.2, -0.15) is 0 Å². The Morgan fingerprint density at radius 2 is 1.79 bits per heavy atom. The van der Waals surface area contributed by atoms with E-state index in [9.17, 15) is 0 Å². The highest BCUT2D eigenvalue weighted by atomic mass is 15.4. The molecule has 2 aliphatic heterocycles. The standard InChI is InChI=1S/C15H22N4/c1-11-8-16-15(17-9-11)19-7-5-13-14(19)4-6-18(13)10-12-2-3-12/h8-9,12-14H,2-7,10H2,1H3/t13-,14+/m1/s1. The molecule has 3 aliphatic rings. The van der Waals surface area contributed by atoms with E-state index in [-0.39, 0.29) is 0 Å². The van der Waals surface area contributed by atoms with Gasteiger partial charge in [0.2, 0.25) is 5.95 Å². The molecule has 2 saturated heterocycles.